The third kappa shape index (κ3) is 2.37. The van der Waals surface area contributed by atoms with Gasteiger partial charge in [0.1, 0.15) is 0 Å². The molecule has 0 spiro atoms. The maximum atomic E-state index is 12.9. The van der Waals surface area contributed by atoms with Crippen molar-refractivity contribution < 1.29 is 0 Å². The Morgan fingerprint density at radius 3 is 2.46 bits per heavy atom. The predicted molar refractivity (Wildman–Crippen MR) is 104 cm³/mol. The fourth-order valence-corrected chi connectivity index (χ4v) is 4.58. The monoisotopic (exact) mass is 360 g/mol. The molecular weight excluding hydrogens is 344 g/mol. The Labute approximate surface area is 154 Å². The van der Waals surface area contributed by atoms with Crippen molar-refractivity contribution in [1.82, 2.24) is 19.6 Å². The standard InChI is InChI=1S/C20H16N4OS/c25-19-16-12-26-13-17(16)24(15-9-5-2-6-10-15)20-18(19)21-22-23(20)11-14-7-3-1-4-8-14/h1-10H,11-13H2. The molecule has 0 bridgehead atoms. The van der Waals surface area contributed by atoms with E-state index in [-0.39, 0.29) is 5.43 Å². The van der Waals surface area contributed by atoms with E-state index in [1.807, 2.05) is 41.1 Å². The zero-order chi connectivity index (χ0) is 17.5. The van der Waals surface area contributed by atoms with Crippen LogP contribution in [0.3, 0.4) is 0 Å². The van der Waals surface area contributed by atoms with Crippen LogP contribution < -0.4 is 5.43 Å². The molecule has 0 saturated carbocycles. The number of para-hydroxylation sites is 1. The van der Waals surface area contributed by atoms with Gasteiger partial charge < -0.3 is 0 Å². The van der Waals surface area contributed by atoms with Crippen molar-refractivity contribution in [2.45, 2.75) is 18.1 Å². The second-order valence-electron chi connectivity index (χ2n) is 6.32. The fraction of sp³-hybridized carbons (Fsp3) is 0.150. The number of rotatable bonds is 3. The molecule has 128 valence electrons. The van der Waals surface area contributed by atoms with Crippen LogP contribution in [-0.4, -0.2) is 19.6 Å². The number of hydrogen-bond acceptors (Lipinski definition) is 4. The number of hydrogen-bond donors (Lipinski definition) is 0. The zero-order valence-corrected chi connectivity index (χ0v) is 14.8. The van der Waals surface area contributed by atoms with E-state index in [1.54, 1.807) is 11.8 Å². The third-order valence-electron chi connectivity index (χ3n) is 4.70. The van der Waals surface area contributed by atoms with Gasteiger partial charge in [0.2, 0.25) is 5.43 Å². The highest BCUT2D eigenvalue weighted by Crippen LogP contribution is 2.32. The lowest BCUT2D eigenvalue weighted by atomic mass is 10.1. The van der Waals surface area contributed by atoms with E-state index in [1.165, 1.54) is 0 Å². The average Bonchev–Trinajstić information content (AvgIpc) is 3.32. The fourth-order valence-electron chi connectivity index (χ4n) is 3.48. The molecule has 1 aliphatic heterocycles. The van der Waals surface area contributed by atoms with E-state index in [0.29, 0.717) is 12.1 Å². The van der Waals surface area contributed by atoms with Crippen LogP contribution >= 0.6 is 11.8 Å². The molecular formula is C20H16N4OS. The van der Waals surface area contributed by atoms with Crippen LogP contribution in [0.15, 0.2) is 65.5 Å². The summed E-state index contributed by atoms with van der Waals surface area (Å²) < 4.78 is 4.00. The summed E-state index contributed by atoms with van der Waals surface area (Å²) >= 11 is 1.77. The molecule has 0 aliphatic carbocycles. The van der Waals surface area contributed by atoms with Crippen molar-refractivity contribution in [2.24, 2.45) is 0 Å². The number of benzene rings is 2. The molecule has 0 saturated heterocycles. The van der Waals surface area contributed by atoms with Crippen LogP contribution in [-0.2, 0) is 18.1 Å². The molecule has 5 nitrogen and oxygen atoms in total. The summed E-state index contributed by atoms with van der Waals surface area (Å²) in [5.41, 5.74) is 5.33. The molecule has 4 aromatic rings. The van der Waals surface area contributed by atoms with Crippen LogP contribution in [0.2, 0.25) is 0 Å². The Balaban J connectivity index is 1.82. The van der Waals surface area contributed by atoms with Gasteiger partial charge in [0, 0.05) is 28.5 Å². The molecule has 0 amide bonds. The molecule has 3 heterocycles. The van der Waals surface area contributed by atoms with Crippen LogP contribution in [0.1, 0.15) is 16.8 Å². The number of pyridine rings is 1. The Bertz CT molecular complexity index is 1150. The maximum absolute atomic E-state index is 12.9. The molecule has 0 atom stereocenters. The summed E-state index contributed by atoms with van der Waals surface area (Å²) in [5, 5.41) is 8.57. The van der Waals surface area contributed by atoms with Gasteiger partial charge in [0.25, 0.3) is 0 Å². The molecule has 2 aromatic carbocycles. The highest BCUT2D eigenvalue weighted by Gasteiger charge is 2.25. The first-order valence-electron chi connectivity index (χ1n) is 8.50. The number of fused-ring (bicyclic) bond motifs is 2. The molecule has 0 fully saturated rings. The SMILES string of the molecule is O=c1c2c(n(-c3ccccc3)c3c1nnn3Cc1ccccc1)CSC2. The summed E-state index contributed by atoms with van der Waals surface area (Å²) in [4.78, 5) is 12.9. The topological polar surface area (TPSA) is 52.7 Å². The summed E-state index contributed by atoms with van der Waals surface area (Å²) in [7, 11) is 0. The molecule has 1 aliphatic rings. The minimum Gasteiger partial charge on any atom is -0.296 e. The maximum Gasteiger partial charge on any atom is 0.215 e. The molecule has 5 rings (SSSR count). The average molecular weight is 360 g/mol. The van der Waals surface area contributed by atoms with Crippen LogP contribution in [0.4, 0.5) is 0 Å². The van der Waals surface area contributed by atoms with E-state index < -0.39 is 0 Å². The van der Waals surface area contributed by atoms with Gasteiger partial charge in [-0.15, -0.1) is 5.10 Å². The van der Waals surface area contributed by atoms with Gasteiger partial charge in [-0.3, -0.25) is 9.36 Å². The zero-order valence-electron chi connectivity index (χ0n) is 14.0. The van der Waals surface area contributed by atoms with E-state index in [2.05, 4.69) is 39.1 Å². The summed E-state index contributed by atoms with van der Waals surface area (Å²) in [6.45, 7) is 0.579. The minimum atomic E-state index is 0.0199. The number of nitrogens with zero attached hydrogens (tertiary/aromatic N) is 4. The molecule has 0 N–H and O–H groups in total. The first-order valence-corrected chi connectivity index (χ1v) is 9.65. The van der Waals surface area contributed by atoms with Crippen molar-refractivity contribution in [3.63, 3.8) is 0 Å². The van der Waals surface area contributed by atoms with E-state index in [9.17, 15) is 4.79 Å². The Kier molecular flexibility index (Phi) is 3.64. The highest BCUT2D eigenvalue weighted by molar-refractivity contribution is 7.98. The van der Waals surface area contributed by atoms with Gasteiger partial charge in [-0.25, -0.2) is 4.68 Å². The van der Waals surface area contributed by atoms with Gasteiger partial charge in [0.05, 0.1) is 6.54 Å². The van der Waals surface area contributed by atoms with Crippen LogP contribution in [0, 0.1) is 0 Å². The third-order valence-corrected chi connectivity index (χ3v) is 5.67. The first-order chi connectivity index (χ1) is 12.8. The van der Waals surface area contributed by atoms with Crippen molar-refractivity contribution in [1.29, 1.82) is 0 Å². The van der Waals surface area contributed by atoms with Crippen molar-refractivity contribution in [2.75, 3.05) is 0 Å². The van der Waals surface area contributed by atoms with E-state index in [4.69, 9.17) is 0 Å². The van der Waals surface area contributed by atoms with Crippen LogP contribution in [0.5, 0.6) is 0 Å². The second-order valence-corrected chi connectivity index (χ2v) is 7.31. The molecule has 0 radical (unpaired) electrons. The van der Waals surface area contributed by atoms with Gasteiger partial charge in [-0.2, -0.15) is 11.8 Å². The van der Waals surface area contributed by atoms with E-state index >= 15 is 0 Å². The predicted octanol–water partition coefficient (Wildman–Crippen LogP) is 3.38. The van der Waals surface area contributed by atoms with E-state index in [0.717, 1.165) is 39.7 Å². The van der Waals surface area contributed by atoms with Crippen molar-refractivity contribution >= 4 is 22.9 Å². The first kappa shape index (κ1) is 15.4. The second kappa shape index (κ2) is 6.14. The molecule has 2 aromatic heterocycles. The Morgan fingerprint density at radius 1 is 0.962 bits per heavy atom. The molecule has 6 heteroatoms. The van der Waals surface area contributed by atoms with Gasteiger partial charge >= 0.3 is 0 Å². The molecule has 26 heavy (non-hydrogen) atoms. The summed E-state index contributed by atoms with van der Waals surface area (Å²) in [6, 6.07) is 20.3. The number of thioether (sulfide) groups is 1. The normalized spacial score (nSPS) is 13.2. The Hall–Kier alpha value is -2.86. The van der Waals surface area contributed by atoms with Crippen LogP contribution in [0.25, 0.3) is 16.9 Å². The van der Waals surface area contributed by atoms with Crippen molar-refractivity contribution in [3.05, 3.63) is 87.7 Å². The van der Waals surface area contributed by atoms with Gasteiger partial charge in [0.15, 0.2) is 11.2 Å². The van der Waals surface area contributed by atoms with Gasteiger partial charge in [-0.1, -0.05) is 53.7 Å². The quantitative estimate of drug-likeness (QED) is 0.562. The van der Waals surface area contributed by atoms with Gasteiger partial charge in [-0.05, 0) is 17.7 Å². The molecule has 0 unspecified atom stereocenters. The Morgan fingerprint density at radius 2 is 1.69 bits per heavy atom. The summed E-state index contributed by atoms with van der Waals surface area (Å²) in [6.07, 6.45) is 0. The lowest BCUT2D eigenvalue weighted by Crippen LogP contribution is -2.18. The largest absolute Gasteiger partial charge is 0.296 e. The lowest BCUT2D eigenvalue weighted by Gasteiger charge is -2.15. The number of aromatic nitrogens is 4. The minimum absolute atomic E-state index is 0.0199. The highest BCUT2D eigenvalue weighted by atomic mass is 32.2. The summed E-state index contributed by atoms with van der Waals surface area (Å²) in [5.74, 6) is 1.56. The van der Waals surface area contributed by atoms with Crippen molar-refractivity contribution in [3.8, 4) is 5.69 Å². The smallest absolute Gasteiger partial charge is 0.215 e. The lowest BCUT2D eigenvalue weighted by molar-refractivity contribution is 0.657.